The number of methoxy groups -OCH3 is 1. The zero-order chi connectivity index (χ0) is 11.7. The van der Waals surface area contributed by atoms with Gasteiger partial charge < -0.3 is 14.6 Å². The van der Waals surface area contributed by atoms with Crippen molar-refractivity contribution in [1.82, 2.24) is 0 Å². The van der Waals surface area contributed by atoms with Gasteiger partial charge in [0.25, 0.3) is 0 Å². The highest BCUT2D eigenvalue weighted by molar-refractivity contribution is 6.00. The molecule has 0 saturated heterocycles. The van der Waals surface area contributed by atoms with Crippen molar-refractivity contribution in [3.63, 3.8) is 0 Å². The molecule has 86 valence electrons. The first-order chi connectivity index (χ1) is 7.65. The smallest absolute Gasteiger partial charge is 0.170 e. The van der Waals surface area contributed by atoms with E-state index in [-0.39, 0.29) is 17.6 Å². The standard InChI is InChI=1S/C12H14O4/c1-3-7-4-9(13)8-5-12(15-2)10(14)6-11(8)16-7/h5-7,14H,3-4H2,1-2H3. The van der Waals surface area contributed by atoms with Crippen LogP contribution in [0.15, 0.2) is 12.1 Å². The van der Waals surface area contributed by atoms with Crippen LogP contribution in [0.25, 0.3) is 0 Å². The van der Waals surface area contributed by atoms with E-state index >= 15 is 0 Å². The molecule has 0 fully saturated rings. The number of ketones is 1. The fourth-order valence-corrected chi connectivity index (χ4v) is 1.79. The van der Waals surface area contributed by atoms with E-state index in [0.717, 1.165) is 6.42 Å². The van der Waals surface area contributed by atoms with Crippen LogP contribution in [0, 0.1) is 0 Å². The molecule has 1 aromatic rings. The summed E-state index contributed by atoms with van der Waals surface area (Å²) >= 11 is 0. The third kappa shape index (κ3) is 1.71. The Morgan fingerprint density at radius 2 is 2.31 bits per heavy atom. The number of carbonyl (C=O) groups excluding carboxylic acids is 1. The quantitative estimate of drug-likeness (QED) is 0.832. The number of rotatable bonds is 2. The lowest BCUT2D eigenvalue weighted by Crippen LogP contribution is -2.26. The number of phenols is 1. The van der Waals surface area contributed by atoms with Crippen molar-refractivity contribution in [2.75, 3.05) is 7.11 Å². The van der Waals surface area contributed by atoms with Gasteiger partial charge in [0.2, 0.25) is 0 Å². The molecule has 4 heteroatoms. The Balaban J connectivity index is 2.45. The molecule has 0 aromatic heterocycles. The first kappa shape index (κ1) is 10.8. The van der Waals surface area contributed by atoms with Gasteiger partial charge in [-0.1, -0.05) is 6.92 Å². The van der Waals surface area contributed by atoms with Gasteiger partial charge in [-0.15, -0.1) is 0 Å². The summed E-state index contributed by atoms with van der Waals surface area (Å²) in [6.45, 7) is 1.96. The molecular weight excluding hydrogens is 208 g/mol. The minimum absolute atomic E-state index is 0.00852. The number of phenolic OH excluding ortho intramolecular Hbond substituents is 1. The van der Waals surface area contributed by atoms with Gasteiger partial charge >= 0.3 is 0 Å². The largest absolute Gasteiger partial charge is 0.504 e. The number of carbonyl (C=O) groups is 1. The molecule has 1 N–H and O–H groups in total. The summed E-state index contributed by atoms with van der Waals surface area (Å²) in [7, 11) is 1.45. The fraction of sp³-hybridized carbons (Fsp3) is 0.417. The second-order valence-electron chi connectivity index (χ2n) is 3.80. The molecule has 0 amide bonds. The molecule has 16 heavy (non-hydrogen) atoms. The van der Waals surface area contributed by atoms with Crippen molar-refractivity contribution in [2.45, 2.75) is 25.9 Å². The van der Waals surface area contributed by atoms with Crippen LogP contribution in [-0.2, 0) is 0 Å². The number of aromatic hydroxyl groups is 1. The van der Waals surface area contributed by atoms with Crippen LogP contribution in [0.3, 0.4) is 0 Å². The SMILES string of the molecule is CCC1CC(=O)c2cc(OC)c(O)cc2O1. The van der Waals surface area contributed by atoms with Gasteiger partial charge in [0.05, 0.1) is 12.7 Å². The molecule has 1 aliphatic heterocycles. The fourth-order valence-electron chi connectivity index (χ4n) is 1.79. The Kier molecular flexibility index (Phi) is 2.73. The number of hydrogen-bond acceptors (Lipinski definition) is 4. The van der Waals surface area contributed by atoms with Crippen molar-refractivity contribution < 1.29 is 19.4 Å². The van der Waals surface area contributed by atoms with Crippen LogP contribution < -0.4 is 9.47 Å². The molecule has 1 atom stereocenters. The molecule has 0 radical (unpaired) electrons. The second kappa shape index (κ2) is 4.04. The second-order valence-corrected chi connectivity index (χ2v) is 3.80. The van der Waals surface area contributed by atoms with E-state index in [0.29, 0.717) is 23.5 Å². The van der Waals surface area contributed by atoms with Gasteiger partial charge in [0.1, 0.15) is 11.9 Å². The van der Waals surface area contributed by atoms with E-state index in [1.165, 1.54) is 19.2 Å². The van der Waals surface area contributed by atoms with Gasteiger partial charge in [-0.05, 0) is 12.5 Å². The Bertz CT molecular complexity index is 425. The maximum Gasteiger partial charge on any atom is 0.170 e. The molecule has 1 aromatic carbocycles. The molecule has 2 rings (SSSR count). The monoisotopic (exact) mass is 222 g/mol. The predicted molar refractivity (Wildman–Crippen MR) is 58.3 cm³/mol. The molecule has 1 heterocycles. The van der Waals surface area contributed by atoms with E-state index in [1.54, 1.807) is 0 Å². The third-order valence-electron chi connectivity index (χ3n) is 2.74. The normalized spacial score (nSPS) is 18.9. The highest BCUT2D eigenvalue weighted by atomic mass is 16.5. The molecule has 0 saturated carbocycles. The minimum atomic E-state index is -0.0900. The molecular formula is C12H14O4. The Hall–Kier alpha value is -1.71. The Labute approximate surface area is 93.8 Å². The van der Waals surface area contributed by atoms with Crippen LogP contribution in [0.1, 0.15) is 30.1 Å². The lowest BCUT2D eigenvalue weighted by Gasteiger charge is -2.24. The molecule has 4 nitrogen and oxygen atoms in total. The van der Waals surface area contributed by atoms with Crippen LogP contribution in [0.5, 0.6) is 17.2 Å². The summed E-state index contributed by atoms with van der Waals surface area (Å²) in [6.07, 6.45) is 1.07. The highest BCUT2D eigenvalue weighted by Crippen LogP contribution is 2.37. The third-order valence-corrected chi connectivity index (χ3v) is 2.74. The number of fused-ring (bicyclic) bond motifs is 1. The molecule has 0 aliphatic carbocycles. The first-order valence-corrected chi connectivity index (χ1v) is 5.26. The van der Waals surface area contributed by atoms with Crippen molar-refractivity contribution in [3.8, 4) is 17.2 Å². The van der Waals surface area contributed by atoms with Crippen LogP contribution in [0.4, 0.5) is 0 Å². The predicted octanol–water partition coefficient (Wildman–Crippen LogP) is 2.14. The van der Waals surface area contributed by atoms with E-state index < -0.39 is 0 Å². The summed E-state index contributed by atoms with van der Waals surface area (Å²) in [4.78, 5) is 11.8. The van der Waals surface area contributed by atoms with E-state index in [1.807, 2.05) is 6.92 Å². The van der Waals surface area contributed by atoms with Gasteiger partial charge in [-0.2, -0.15) is 0 Å². The summed E-state index contributed by atoms with van der Waals surface area (Å²) < 4.78 is 10.6. The van der Waals surface area contributed by atoms with Crippen molar-refractivity contribution in [1.29, 1.82) is 0 Å². The number of Topliss-reactive ketones (excluding diaryl/α,β-unsaturated/α-hetero) is 1. The maximum absolute atomic E-state index is 11.8. The van der Waals surface area contributed by atoms with Gasteiger partial charge in [-0.3, -0.25) is 4.79 Å². The van der Waals surface area contributed by atoms with Gasteiger partial charge in [-0.25, -0.2) is 0 Å². The zero-order valence-corrected chi connectivity index (χ0v) is 9.32. The van der Waals surface area contributed by atoms with Gasteiger partial charge in [0.15, 0.2) is 17.3 Å². The van der Waals surface area contributed by atoms with Crippen molar-refractivity contribution >= 4 is 5.78 Å². The molecule has 1 aliphatic rings. The van der Waals surface area contributed by atoms with Crippen LogP contribution in [0.2, 0.25) is 0 Å². The van der Waals surface area contributed by atoms with E-state index in [2.05, 4.69) is 0 Å². The average Bonchev–Trinajstić information content (AvgIpc) is 2.28. The first-order valence-electron chi connectivity index (χ1n) is 5.26. The van der Waals surface area contributed by atoms with Crippen LogP contribution >= 0.6 is 0 Å². The van der Waals surface area contributed by atoms with E-state index in [9.17, 15) is 9.90 Å². The molecule has 0 spiro atoms. The lowest BCUT2D eigenvalue weighted by molar-refractivity contribution is 0.0844. The summed E-state index contributed by atoms with van der Waals surface area (Å²) in [5, 5.41) is 9.60. The van der Waals surface area contributed by atoms with Crippen molar-refractivity contribution in [2.24, 2.45) is 0 Å². The number of ether oxygens (including phenoxy) is 2. The lowest BCUT2D eigenvalue weighted by atomic mass is 9.99. The Morgan fingerprint density at radius 1 is 1.56 bits per heavy atom. The molecule has 0 bridgehead atoms. The minimum Gasteiger partial charge on any atom is -0.504 e. The van der Waals surface area contributed by atoms with E-state index in [4.69, 9.17) is 9.47 Å². The summed E-state index contributed by atoms with van der Waals surface area (Å²) in [6, 6.07) is 2.97. The summed E-state index contributed by atoms with van der Waals surface area (Å²) in [5.41, 5.74) is 0.486. The maximum atomic E-state index is 11.8. The summed E-state index contributed by atoms with van der Waals surface area (Å²) in [5.74, 6) is 0.768. The Morgan fingerprint density at radius 3 is 2.94 bits per heavy atom. The zero-order valence-electron chi connectivity index (χ0n) is 9.32. The average molecular weight is 222 g/mol. The topological polar surface area (TPSA) is 55.8 Å². The van der Waals surface area contributed by atoms with Crippen LogP contribution in [-0.4, -0.2) is 24.1 Å². The highest BCUT2D eigenvalue weighted by Gasteiger charge is 2.27. The van der Waals surface area contributed by atoms with Crippen molar-refractivity contribution in [3.05, 3.63) is 17.7 Å². The van der Waals surface area contributed by atoms with Gasteiger partial charge in [0, 0.05) is 12.5 Å². The number of hydrogen-bond donors (Lipinski definition) is 1. The number of benzene rings is 1. The molecule has 1 unspecified atom stereocenters.